The molecule has 0 saturated heterocycles. The van der Waals surface area contributed by atoms with Crippen LogP contribution in [-0.2, 0) is 21.2 Å². The van der Waals surface area contributed by atoms with Crippen molar-refractivity contribution in [2.75, 3.05) is 6.26 Å². The molecule has 2 atom stereocenters. The van der Waals surface area contributed by atoms with Gasteiger partial charge in [-0.05, 0) is 30.2 Å². The summed E-state index contributed by atoms with van der Waals surface area (Å²) in [6.45, 7) is 4.58. The molecule has 0 spiro atoms. The molecule has 1 aliphatic carbocycles. The van der Waals surface area contributed by atoms with Crippen LogP contribution in [-0.4, -0.2) is 25.8 Å². The summed E-state index contributed by atoms with van der Waals surface area (Å²) < 4.78 is 29.1. The SMILES string of the molecule is Cc1nc(C2=CC=CC(OCc3ccc(S(C)(=O)=O)cc3)C2C)cs1. The van der Waals surface area contributed by atoms with Crippen molar-refractivity contribution >= 4 is 26.7 Å². The summed E-state index contributed by atoms with van der Waals surface area (Å²) in [5.74, 6) is 0.210. The number of hydrogen-bond acceptors (Lipinski definition) is 5. The highest BCUT2D eigenvalue weighted by atomic mass is 32.2. The molecule has 0 amide bonds. The minimum atomic E-state index is -3.17. The number of hydrogen-bond donors (Lipinski definition) is 0. The maximum Gasteiger partial charge on any atom is 0.175 e. The van der Waals surface area contributed by atoms with Crippen LogP contribution in [0, 0.1) is 12.8 Å². The van der Waals surface area contributed by atoms with Crippen LogP contribution >= 0.6 is 11.3 Å². The van der Waals surface area contributed by atoms with Crippen LogP contribution < -0.4 is 0 Å². The summed E-state index contributed by atoms with van der Waals surface area (Å²) in [6, 6.07) is 6.84. The van der Waals surface area contributed by atoms with Crippen molar-refractivity contribution in [2.45, 2.75) is 31.5 Å². The first-order chi connectivity index (χ1) is 11.8. The zero-order chi connectivity index (χ0) is 18.0. The molecule has 0 bridgehead atoms. The summed E-state index contributed by atoms with van der Waals surface area (Å²) in [7, 11) is -3.17. The molecule has 1 aromatic heterocycles. The lowest BCUT2D eigenvalue weighted by Gasteiger charge is -2.26. The third-order valence-corrected chi connectivity index (χ3v) is 6.17. The summed E-state index contributed by atoms with van der Waals surface area (Å²) in [5, 5.41) is 3.14. The van der Waals surface area contributed by atoms with Gasteiger partial charge in [-0.3, -0.25) is 0 Å². The van der Waals surface area contributed by atoms with Gasteiger partial charge in [0.25, 0.3) is 0 Å². The van der Waals surface area contributed by atoms with Gasteiger partial charge in [0.05, 0.1) is 28.3 Å². The molecule has 1 aliphatic rings. The standard InChI is InChI=1S/C19H21NO3S2/c1-13-17(18-12-24-14(2)20-18)5-4-6-19(13)23-11-15-7-9-16(10-8-15)25(3,21)22/h4-10,12-13,19H,11H2,1-3H3. The number of aromatic nitrogens is 1. The Morgan fingerprint density at radius 1 is 1.24 bits per heavy atom. The van der Waals surface area contributed by atoms with Gasteiger partial charge in [0.2, 0.25) is 0 Å². The van der Waals surface area contributed by atoms with Crippen LogP contribution in [0.3, 0.4) is 0 Å². The van der Waals surface area contributed by atoms with E-state index in [1.807, 2.05) is 13.0 Å². The Morgan fingerprint density at radius 3 is 2.56 bits per heavy atom. The van der Waals surface area contributed by atoms with E-state index in [4.69, 9.17) is 4.74 Å². The number of benzene rings is 1. The van der Waals surface area contributed by atoms with Crippen molar-refractivity contribution in [3.05, 3.63) is 64.1 Å². The third-order valence-electron chi connectivity index (χ3n) is 4.27. The van der Waals surface area contributed by atoms with E-state index in [-0.39, 0.29) is 12.0 Å². The Morgan fingerprint density at radius 2 is 1.96 bits per heavy atom. The van der Waals surface area contributed by atoms with Crippen molar-refractivity contribution in [2.24, 2.45) is 5.92 Å². The van der Waals surface area contributed by atoms with Gasteiger partial charge in [-0.2, -0.15) is 0 Å². The molecule has 0 saturated carbocycles. The maximum atomic E-state index is 11.5. The number of aryl methyl sites for hydroxylation is 1. The van der Waals surface area contributed by atoms with Gasteiger partial charge in [0.1, 0.15) is 0 Å². The molecule has 25 heavy (non-hydrogen) atoms. The molecule has 132 valence electrons. The van der Waals surface area contributed by atoms with Gasteiger partial charge < -0.3 is 4.74 Å². The minimum absolute atomic E-state index is 0.0309. The van der Waals surface area contributed by atoms with E-state index >= 15 is 0 Å². The van der Waals surface area contributed by atoms with Crippen molar-refractivity contribution < 1.29 is 13.2 Å². The van der Waals surface area contributed by atoms with Gasteiger partial charge in [-0.1, -0.05) is 37.3 Å². The number of nitrogens with zero attached hydrogens (tertiary/aromatic N) is 1. The van der Waals surface area contributed by atoms with E-state index in [1.54, 1.807) is 35.6 Å². The zero-order valence-electron chi connectivity index (χ0n) is 14.5. The molecule has 1 heterocycles. The molecule has 0 N–H and O–H groups in total. The Balaban J connectivity index is 1.66. The highest BCUT2D eigenvalue weighted by Crippen LogP contribution is 2.32. The number of ether oxygens (including phenoxy) is 1. The normalized spacial score (nSPS) is 20.5. The third kappa shape index (κ3) is 4.26. The first-order valence-corrected chi connectivity index (χ1v) is 10.8. The maximum absolute atomic E-state index is 11.5. The van der Waals surface area contributed by atoms with Gasteiger partial charge in [0, 0.05) is 17.6 Å². The fourth-order valence-corrected chi connectivity index (χ4v) is 4.06. The molecule has 1 aromatic carbocycles. The van der Waals surface area contributed by atoms with E-state index in [0.29, 0.717) is 11.5 Å². The minimum Gasteiger partial charge on any atom is -0.369 e. The lowest BCUT2D eigenvalue weighted by Crippen LogP contribution is -2.23. The van der Waals surface area contributed by atoms with E-state index in [2.05, 4.69) is 29.4 Å². The first-order valence-electron chi connectivity index (χ1n) is 8.06. The van der Waals surface area contributed by atoms with Crippen molar-refractivity contribution in [1.82, 2.24) is 4.98 Å². The first kappa shape index (κ1) is 18.0. The number of thiazole rings is 1. The van der Waals surface area contributed by atoms with Crippen molar-refractivity contribution in [3.63, 3.8) is 0 Å². The Labute approximate surface area is 152 Å². The monoisotopic (exact) mass is 375 g/mol. The summed E-state index contributed by atoms with van der Waals surface area (Å²) in [6.07, 6.45) is 7.34. The predicted octanol–water partition coefficient (Wildman–Crippen LogP) is 4.03. The Bertz CT molecular complexity index is 908. The second kappa shape index (κ2) is 7.23. The second-order valence-corrected chi connectivity index (χ2v) is 9.32. The Hall–Kier alpha value is -1.76. The van der Waals surface area contributed by atoms with Crippen LogP contribution in [0.4, 0.5) is 0 Å². The second-order valence-electron chi connectivity index (χ2n) is 6.24. The molecule has 3 rings (SSSR count). The molecule has 4 nitrogen and oxygen atoms in total. The van der Waals surface area contributed by atoms with Crippen LogP contribution in [0.5, 0.6) is 0 Å². The van der Waals surface area contributed by atoms with E-state index < -0.39 is 9.84 Å². The molecule has 0 aliphatic heterocycles. The quantitative estimate of drug-likeness (QED) is 0.792. The number of allylic oxidation sites excluding steroid dienone is 2. The van der Waals surface area contributed by atoms with Crippen molar-refractivity contribution in [3.8, 4) is 0 Å². The summed E-state index contributed by atoms with van der Waals surface area (Å²) >= 11 is 1.65. The highest BCUT2D eigenvalue weighted by Gasteiger charge is 2.24. The molecule has 6 heteroatoms. The lowest BCUT2D eigenvalue weighted by molar-refractivity contribution is 0.0516. The molecule has 0 fully saturated rings. The Kier molecular flexibility index (Phi) is 5.22. The van der Waals surface area contributed by atoms with E-state index in [1.165, 1.54) is 11.8 Å². The van der Waals surface area contributed by atoms with Gasteiger partial charge >= 0.3 is 0 Å². The predicted molar refractivity (Wildman–Crippen MR) is 101 cm³/mol. The number of sulfone groups is 1. The fraction of sp³-hybridized carbons (Fsp3) is 0.316. The summed E-state index contributed by atoms with van der Waals surface area (Å²) in [5.41, 5.74) is 3.16. The van der Waals surface area contributed by atoms with E-state index in [0.717, 1.165) is 16.3 Å². The highest BCUT2D eigenvalue weighted by molar-refractivity contribution is 7.90. The molecular weight excluding hydrogens is 354 g/mol. The van der Waals surface area contributed by atoms with E-state index in [9.17, 15) is 8.42 Å². The zero-order valence-corrected chi connectivity index (χ0v) is 16.1. The van der Waals surface area contributed by atoms with Gasteiger partial charge in [-0.15, -0.1) is 11.3 Å². The lowest BCUT2D eigenvalue weighted by atomic mass is 9.89. The fourth-order valence-electron chi connectivity index (χ4n) is 2.80. The van der Waals surface area contributed by atoms with Crippen molar-refractivity contribution in [1.29, 1.82) is 0 Å². The van der Waals surface area contributed by atoms with Crippen LogP contribution in [0.1, 0.15) is 23.2 Å². The van der Waals surface area contributed by atoms with Gasteiger partial charge in [0.15, 0.2) is 9.84 Å². The summed E-state index contributed by atoms with van der Waals surface area (Å²) in [4.78, 5) is 4.90. The van der Waals surface area contributed by atoms with Crippen LogP contribution in [0.15, 0.2) is 52.8 Å². The largest absolute Gasteiger partial charge is 0.369 e. The van der Waals surface area contributed by atoms with Gasteiger partial charge in [-0.25, -0.2) is 13.4 Å². The van der Waals surface area contributed by atoms with Crippen LogP contribution in [0.25, 0.3) is 5.57 Å². The molecule has 2 aromatic rings. The molecule has 0 radical (unpaired) electrons. The smallest absolute Gasteiger partial charge is 0.175 e. The molecular formula is C19H21NO3S2. The number of rotatable bonds is 5. The average Bonchev–Trinajstić information content (AvgIpc) is 3.00. The average molecular weight is 376 g/mol. The molecule has 2 unspecified atom stereocenters. The topological polar surface area (TPSA) is 56.3 Å². The van der Waals surface area contributed by atoms with Crippen LogP contribution in [0.2, 0.25) is 0 Å².